The zero-order valence-corrected chi connectivity index (χ0v) is 14.2. The number of hydrogen-bond donors (Lipinski definition) is 1. The molecule has 7 heteroatoms. The largest absolute Gasteiger partial charge is 0.493 e. The van der Waals surface area contributed by atoms with Crippen molar-refractivity contribution >= 4 is 17.4 Å². The van der Waals surface area contributed by atoms with Crippen LogP contribution in [0.1, 0.15) is 37.3 Å². The second kappa shape index (κ2) is 7.46. The quantitative estimate of drug-likeness (QED) is 0.847. The Balaban J connectivity index is 2.26. The van der Waals surface area contributed by atoms with E-state index in [4.69, 9.17) is 21.1 Å². The van der Waals surface area contributed by atoms with Crippen LogP contribution >= 0.6 is 11.6 Å². The fourth-order valence-corrected chi connectivity index (χ4v) is 2.47. The summed E-state index contributed by atoms with van der Waals surface area (Å²) in [5.41, 5.74) is 1.12. The first kappa shape index (κ1) is 17.3. The molecule has 0 saturated heterocycles. The van der Waals surface area contributed by atoms with Crippen LogP contribution in [0.5, 0.6) is 11.5 Å². The van der Waals surface area contributed by atoms with E-state index in [2.05, 4.69) is 15.3 Å². The van der Waals surface area contributed by atoms with E-state index in [1.165, 1.54) is 13.3 Å². The van der Waals surface area contributed by atoms with Crippen LogP contribution in [-0.4, -0.2) is 24.2 Å². The van der Waals surface area contributed by atoms with E-state index >= 15 is 0 Å². The van der Waals surface area contributed by atoms with Crippen molar-refractivity contribution in [3.8, 4) is 11.5 Å². The molecule has 124 valence electrons. The van der Waals surface area contributed by atoms with Gasteiger partial charge in [0.2, 0.25) is 0 Å². The summed E-state index contributed by atoms with van der Waals surface area (Å²) in [7, 11) is 3.16. The summed E-state index contributed by atoms with van der Waals surface area (Å²) in [4.78, 5) is 7.96. The minimum absolute atomic E-state index is 0.120. The Labute approximate surface area is 139 Å². The van der Waals surface area contributed by atoms with Crippen LogP contribution in [-0.2, 0) is 0 Å². The third-order valence-corrected chi connectivity index (χ3v) is 3.83. The van der Waals surface area contributed by atoms with Crippen molar-refractivity contribution in [1.82, 2.24) is 9.97 Å². The molecule has 1 heterocycles. The summed E-state index contributed by atoms with van der Waals surface area (Å²) in [5.74, 6) is 1.67. The number of hydrogen-bond acceptors (Lipinski definition) is 5. The van der Waals surface area contributed by atoms with Gasteiger partial charge in [0.25, 0.3) is 0 Å². The third kappa shape index (κ3) is 3.82. The average molecular weight is 340 g/mol. The van der Waals surface area contributed by atoms with Gasteiger partial charge >= 0.3 is 0 Å². The summed E-state index contributed by atoms with van der Waals surface area (Å²) in [5, 5.41) is 3.35. The lowest BCUT2D eigenvalue weighted by molar-refractivity contribution is 0.354. The first-order valence-corrected chi connectivity index (χ1v) is 7.48. The predicted octanol–water partition coefficient (Wildman–Crippen LogP) is 4.35. The van der Waals surface area contributed by atoms with Crippen LogP contribution in [0.25, 0.3) is 0 Å². The number of alkyl halides is 1. The molecule has 2 rings (SSSR count). The number of rotatable bonds is 6. The fraction of sp³-hybridized carbons (Fsp3) is 0.375. The molecule has 2 atom stereocenters. The molecule has 0 saturated carbocycles. The molecule has 0 bridgehead atoms. The molecule has 2 unspecified atom stereocenters. The standard InChI is InChI=1S/C16H19ClFN3O2/c1-9(18)15-14(17)16(20-8-19-15)21-10(2)11-5-6-12(22-3)13(7-11)23-4/h5-10H,1-4H3,(H,19,20,21). The van der Waals surface area contributed by atoms with E-state index < -0.39 is 6.17 Å². The number of halogens is 2. The Morgan fingerprint density at radius 2 is 1.83 bits per heavy atom. The number of anilines is 1. The number of nitrogens with zero attached hydrogens (tertiary/aromatic N) is 2. The summed E-state index contributed by atoms with van der Waals surface area (Å²) in [6, 6.07) is 5.48. The summed E-state index contributed by atoms with van der Waals surface area (Å²) < 4.78 is 24.0. The lowest BCUT2D eigenvalue weighted by atomic mass is 10.1. The zero-order valence-electron chi connectivity index (χ0n) is 13.4. The second-order valence-corrected chi connectivity index (χ2v) is 5.40. The van der Waals surface area contributed by atoms with Gasteiger partial charge in [0.05, 0.1) is 26.0 Å². The smallest absolute Gasteiger partial charge is 0.161 e. The molecule has 2 aromatic rings. The van der Waals surface area contributed by atoms with Crippen molar-refractivity contribution in [2.45, 2.75) is 26.1 Å². The molecule has 5 nitrogen and oxygen atoms in total. The van der Waals surface area contributed by atoms with Gasteiger partial charge in [-0.05, 0) is 31.5 Å². The van der Waals surface area contributed by atoms with E-state index in [0.717, 1.165) is 5.56 Å². The molecule has 1 N–H and O–H groups in total. The maximum Gasteiger partial charge on any atom is 0.161 e. The summed E-state index contributed by atoms with van der Waals surface area (Å²) in [6.07, 6.45) is 0.0310. The molecule has 0 fully saturated rings. The number of aromatic nitrogens is 2. The molecule has 0 aliphatic carbocycles. The van der Waals surface area contributed by atoms with Crippen LogP contribution in [0.15, 0.2) is 24.5 Å². The Hall–Kier alpha value is -2.08. The first-order valence-electron chi connectivity index (χ1n) is 7.10. The van der Waals surface area contributed by atoms with Gasteiger partial charge in [-0.2, -0.15) is 0 Å². The van der Waals surface area contributed by atoms with Gasteiger partial charge in [0, 0.05) is 0 Å². The van der Waals surface area contributed by atoms with E-state index in [1.807, 2.05) is 25.1 Å². The van der Waals surface area contributed by atoms with Gasteiger partial charge in [-0.3, -0.25) is 0 Å². The van der Waals surface area contributed by atoms with Gasteiger partial charge in [0.1, 0.15) is 23.3 Å². The number of nitrogens with one attached hydrogen (secondary N) is 1. The van der Waals surface area contributed by atoms with Crippen molar-refractivity contribution < 1.29 is 13.9 Å². The summed E-state index contributed by atoms with van der Waals surface area (Å²) >= 11 is 6.17. The molecule has 0 radical (unpaired) electrons. The number of benzene rings is 1. The zero-order chi connectivity index (χ0) is 17.0. The van der Waals surface area contributed by atoms with Gasteiger partial charge in [-0.25, -0.2) is 14.4 Å². The van der Waals surface area contributed by atoms with E-state index in [1.54, 1.807) is 14.2 Å². The van der Waals surface area contributed by atoms with Crippen LogP contribution < -0.4 is 14.8 Å². The van der Waals surface area contributed by atoms with E-state index in [9.17, 15) is 4.39 Å². The number of ether oxygens (including phenoxy) is 2. The van der Waals surface area contributed by atoms with Crippen molar-refractivity contribution in [3.63, 3.8) is 0 Å². The Bertz CT molecular complexity index is 682. The predicted molar refractivity (Wildman–Crippen MR) is 88.1 cm³/mol. The number of methoxy groups -OCH3 is 2. The molecule has 1 aromatic heterocycles. The molecule has 0 aliphatic rings. The highest BCUT2D eigenvalue weighted by Gasteiger charge is 2.17. The molecular formula is C16H19ClFN3O2. The molecule has 23 heavy (non-hydrogen) atoms. The highest BCUT2D eigenvalue weighted by molar-refractivity contribution is 6.33. The van der Waals surface area contributed by atoms with Crippen molar-refractivity contribution in [1.29, 1.82) is 0 Å². The maximum atomic E-state index is 13.5. The molecule has 1 aromatic carbocycles. The van der Waals surface area contributed by atoms with Crippen LogP contribution in [0.4, 0.5) is 10.2 Å². The highest BCUT2D eigenvalue weighted by Crippen LogP contribution is 2.33. The summed E-state index contributed by atoms with van der Waals surface area (Å²) in [6.45, 7) is 3.33. The minimum atomic E-state index is -1.26. The van der Waals surface area contributed by atoms with Gasteiger partial charge in [-0.15, -0.1) is 0 Å². The first-order chi connectivity index (χ1) is 11.0. The SMILES string of the molecule is COc1ccc(C(C)Nc2ncnc(C(C)F)c2Cl)cc1OC. The van der Waals surface area contributed by atoms with Crippen molar-refractivity contribution in [2.75, 3.05) is 19.5 Å². The monoisotopic (exact) mass is 339 g/mol. The second-order valence-electron chi connectivity index (χ2n) is 5.02. The normalized spacial score (nSPS) is 13.3. The van der Waals surface area contributed by atoms with Crippen LogP contribution in [0.2, 0.25) is 5.02 Å². The molecule has 0 aliphatic heterocycles. The lowest BCUT2D eigenvalue weighted by Crippen LogP contribution is -2.10. The topological polar surface area (TPSA) is 56.3 Å². The molecule has 0 amide bonds. The van der Waals surface area contributed by atoms with Crippen molar-refractivity contribution in [3.05, 3.63) is 40.8 Å². The van der Waals surface area contributed by atoms with E-state index in [0.29, 0.717) is 17.3 Å². The highest BCUT2D eigenvalue weighted by atomic mass is 35.5. The van der Waals surface area contributed by atoms with Crippen LogP contribution in [0, 0.1) is 0 Å². The third-order valence-electron chi connectivity index (χ3n) is 3.45. The molecule has 0 spiro atoms. The van der Waals surface area contributed by atoms with Gasteiger partial charge < -0.3 is 14.8 Å². The Morgan fingerprint density at radius 3 is 2.43 bits per heavy atom. The Morgan fingerprint density at radius 1 is 1.13 bits per heavy atom. The average Bonchev–Trinajstić information content (AvgIpc) is 2.55. The van der Waals surface area contributed by atoms with E-state index in [-0.39, 0.29) is 16.8 Å². The van der Waals surface area contributed by atoms with Crippen molar-refractivity contribution in [2.24, 2.45) is 0 Å². The Kier molecular flexibility index (Phi) is 5.60. The molecular weight excluding hydrogens is 321 g/mol. The van der Waals surface area contributed by atoms with Gasteiger partial charge in [-0.1, -0.05) is 17.7 Å². The lowest BCUT2D eigenvalue weighted by Gasteiger charge is -2.18. The maximum absolute atomic E-state index is 13.5. The minimum Gasteiger partial charge on any atom is -0.493 e. The van der Waals surface area contributed by atoms with Gasteiger partial charge in [0.15, 0.2) is 11.5 Å². The van der Waals surface area contributed by atoms with Crippen LogP contribution in [0.3, 0.4) is 0 Å². The fourth-order valence-electron chi connectivity index (χ4n) is 2.17.